The molecule has 1 aromatic rings. The van der Waals surface area contributed by atoms with Crippen molar-refractivity contribution in [3.8, 4) is 5.75 Å². The van der Waals surface area contributed by atoms with Crippen molar-refractivity contribution in [1.29, 1.82) is 0 Å². The van der Waals surface area contributed by atoms with E-state index in [1.165, 1.54) is 6.07 Å². The quantitative estimate of drug-likeness (QED) is 0.802. The minimum Gasteiger partial charge on any atom is -0.486 e. The number of ether oxygens (including phenoxy) is 1. The van der Waals surface area contributed by atoms with Crippen molar-refractivity contribution in [2.24, 2.45) is 0 Å². The van der Waals surface area contributed by atoms with Crippen molar-refractivity contribution in [3.63, 3.8) is 0 Å². The molecule has 0 fully saturated rings. The number of hydrogen-bond donors (Lipinski definition) is 0. The van der Waals surface area contributed by atoms with Crippen LogP contribution in [-0.4, -0.2) is 17.6 Å². The lowest BCUT2D eigenvalue weighted by molar-refractivity contribution is -0.137. The SMILES string of the molecule is CC1(CCCC(F)(F)F)CC(=O)c2cc(Cl)ccc2O1. The summed E-state index contributed by atoms with van der Waals surface area (Å²) in [5, 5.41) is 0.432. The highest BCUT2D eigenvalue weighted by molar-refractivity contribution is 6.31. The van der Waals surface area contributed by atoms with Crippen LogP contribution in [0.3, 0.4) is 0 Å². The van der Waals surface area contributed by atoms with Crippen LogP contribution >= 0.6 is 11.6 Å². The van der Waals surface area contributed by atoms with Gasteiger partial charge in [0.1, 0.15) is 11.4 Å². The molecule has 0 amide bonds. The van der Waals surface area contributed by atoms with Crippen molar-refractivity contribution in [1.82, 2.24) is 0 Å². The van der Waals surface area contributed by atoms with Crippen LogP contribution in [0.2, 0.25) is 5.02 Å². The molecule has 6 heteroatoms. The number of carbonyl (C=O) groups is 1. The fraction of sp³-hybridized carbons (Fsp3) is 0.500. The molecule has 0 aromatic heterocycles. The first kappa shape index (κ1) is 15.2. The molecule has 0 radical (unpaired) electrons. The van der Waals surface area contributed by atoms with Crippen LogP contribution in [-0.2, 0) is 0 Å². The molecule has 0 saturated carbocycles. The van der Waals surface area contributed by atoms with Gasteiger partial charge in [0.05, 0.1) is 12.0 Å². The third-order valence-electron chi connectivity index (χ3n) is 3.30. The summed E-state index contributed by atoms with van der Waals surface area (Å²) in [6.07, 6.45) is -4.86. The van der Waals surface area contributed by atoms with Crippen molar-refractivity contribution < 1.29 is 22.7 Å². The van der Waals surface area contributed by atoms with Crippen LogP contribution in [0.4, 0.5) is 13.2 Å². The molecule has 1 atom stereocenters. The second kappa shape index (κ2) is 5.28. The van der Waals surface area contributed by atoms with Gasteiger partial charge >= 0.3 is 6.18 Å². The van der Waals surface area contributed by atoms with Gasteiger partial charge in [-0.2, -0.15) is 13.2 Å². The molecule has 20 heavy (non-hydrogen) atoms. The second-order valence-electron chi connectivity index (χ2n) is 5.26. The van der Waals surface area contributed by atoms with Gasteiger partial charge in [0.15, 0.2) is 5.78 Å². The largest absolute Gasteiger partial charge is 0.486 e. The normalized spacial score (nSPS) is 22.4. The number of rotatable bonds is 3. The molecule has 0 N–H and O–H groups in total. The first-order valence-corrected chi connectivity index (χ1v) is 6.65. The molecular weight excluding hydrogens is 293 g/mol. The topological polar surface area (TPSA) is 26.3 Å². The van der Waals surface area contributed by atoms with Crippen LogP contribution in [0.15, 0.2) is 18.2 Å². The van der Waals surface area contributed by atoms with Gasteiger partial charge in [0, 0.05) is 11.4 Å². The van der Waals surface area contributed by atoms with Crippen LogP contribution in [0, 0.1) is 0 Å². The Morgan fingerprint density at radius 1 is 1.40 bits per heavy atom. The first-order chi connectivity index (χ1) is 9.19. The third kappa shape index (κ3) is 3.66. The van der Waals surface area contributed by atoms with Gasteiger partial charge in [0.25, 0.3) is 0 Å². The van der Waals surface area contributed by atoms with Gasteiger partial charge in [-0.3, -0.25) is 4.79 Å². The highest BCUT2D eigenvalue weighted by Gasteiger charge is 2.37. The highest BCUT2D eigenvalue weighted by Crippen LogP contribution is 2.37. The van der Waals surface area contributed by atoms with E-state index in [1.54, 1.807) is 19.1 Å². The van der Waals surface area contributed by atoms with Crippen molar-refractivity contribution >= 4 is 17.4 Å². The maximum atomic E-state index is 12.2. The van der Waals surface area contributed by atoms with Crippen molar-refractivity contribution in [2.45, 2.75) is 44.4 Å². The number of benzene rings is 1. The third-order valence-corrected chi connectivity index (χ3v) is 3.53. The number of carbonyl (C=O) groups excluding carboxylic acids is 1. The smallest absolute Gasteiger partial charge is 0.389 e. The molecule has 0 saturated heterocycles. The lowest BCUT2D eigenvalue weighted by Gasteiger charge is -2.35. The van der Waals surface area contributed by atoms with Crippen LogP contribution in [0.1, 0.15) is 43.0 Å². The summed E-state index contributed by atoms with van der Waals surface area (Å²) >= 11 is 5.81. The van der Waals surface area contributed by atoms with E-state index in [0.29, 0.717) is 16.3 Å². The molecule has 110 valence electrons. The number of Topliss-reactive ketones (excluding diaryl/α,β-unsaturated/α-hetero) is 1. The maximum Gasteiger partial charge on any atom is 0.389 e. The minimum atomic E-state index is -4.18. The van der Waals surface area contributed by atoms with Gasteiger partial charge < -0.3 is 4.74 Å². The van der Waals surface area contributed by atoms with E-state index < -0.39 is 18.2 Å². The summed E-state index contributed by atoms with van der Waals surface area (Å²) in [5.74, 6) is 0.239. The molecule has 0 spiro atoms. The standard InChI is InChI=1S/C14H14ClF3O2/c1-13(5-2-6-14(16,17)18)8-11(19)10-7-9(15)3-4-12(10)20-13/h3-4,7H,2,5-6,8H2,1H3. The van der Waals surface area contributed by atoms with Crippen LogP contribution in [0.5, 0.6) is 5.75 Å². The van der Waals surface area contributed by atoms with Gasteiger partial charge in [-0.1, -0.05) is 11.6 Å². The molecule has 2 rings (SSSR count). The summed E-state index contributed by atoms with van der Waals surface area (Å²) in [6, 6.07) is 4.69. The number of hydrogen-bond acceptors (Lipinski definition) is 2. The van der Waals surface area contributed by atoms with E-state index >= 15 is 0 Å². The molecule has 0 aliphatic carbocycles. The Morgan fingerprint density at radius 3 is 2.75 bits per heavy atom. The molecule has 1 unspecified atom stereocenters. The van der Waals surface area contributed by atoms with Gasteiger partial charge in [-0.25, -0.2) is 0 Å². The van der Waals surface area contributed by atoms with E-state index in [0.717, 1.165) is 0 Å². The van der Waals surface area contributed by atoms with Gasteiger partial charge in [-0.05, 0) is 38.0 Å². The summed E-state index contributed by atoms with van der Waals surface area (Å²) in [7, 11) is 0. The fourth-order valence-electron chi connectivity index (χ4n) is 2.35. The zero-order valence-corrected chi connectivity index (χ0v) is 11.6. The number of fused-ring (bicyclic) bond motifs is 1. The molecule has 1 aliphatic heterocycles. The summed E-state index contributed by atoms with van der Waals surface area (Å²) in [5.41, 5.74) is -0.491. The fourth-order valence-corrected chi connectivity index (χ4v) is 2.52. The molecule has 0 bridgehead atoms. The molecule has 1 aliphatic rings. The van der Waals surface area contributed by atoms with Crippen LogP contribution in [0.25, 0.3) is 0 Å². The summed E-state index contributed by atoms with van der Waals surface area (Å²) in [6.45, 7) is 1.67. The summed E-state index contributed by atoms with van der Waals surface area (Å²) < 4.78 is 42.2. The minimum absolute atomic E-state index is 0.0593. The Hall–Kier alpha value is -1.23. The molecule has 1 heterocycles. The Labute approximate surface area is 119 Å². The van der Waals surface area contributed by atoms with E-state index in [4.69, 9.17) is 16.3 Å². The Balaban J connectivity index is 2.09. The second-order valence-corrected chi connectivity index (χ2v) is 5.70. The molecule has 2 nitrogen and oxygen atoms in total. The lowest BCUT2D eigenvalue weighted by Crippen LogP contribution is -2.39. The van der Waals surface area contributed by atoms with Gasteiger partial charge in [0.2, 0.25) is 0 Å². The Kier molecular flexibility index (Phi) is 4.00. The Morgan fingerprint density at radius 2 is 2.10 bits per heavy atom. The number of ketones is 1. The van der Waals surface area contributed by atoms with Gasteiger partial charge in [-0.15, -0.1) is 0 Å². The average molecular weight is 307 g/mol. The maximum absolute atomic E-state index is 12.2. The van der Waals surface area contributed by atoms with Crippen molar-refractivity contribution in [2.75, 3.05) is 0 Å². The van der Waals surface area contributed by atoms with Crippen molar-refractivity contribution in [3.05, 3.63) is 28.8 Å². The van der Waals surface area contributed by atoms with E-state index in [1.807, 2.05) is 0 Å². The number of halogens is 4. The van der Waals surface area contributed by atoms with E-state index in [-0.39, 0.29) is 25.0 Å². The zero-order chi connectivity index (χ0) is 15.0. The predicted molar refractivity (Wildman–Crippen MR) is 69.3 cm³/mol. The predicted octanol–water partition coefficient (Wildman–Crippen LogP) is 4.80. The average Bonchev–Trinajstić information content (AvgIpc) is 2.28. The van der Waals surface area contributed by atoms with Crippen LogP contribution < -0.4 is 4.74 Å². The number of alkyl halides is 3. The first-order valence-electron chi connectivity index (χ1n) is 6.27. The van der Waals surface area contributed by atoms with E-state index in [9.17, 15) is 18.0 Å². The summed E-state index contributed by atoms with van der Waals surface area (Å²) in [4.78, 5) is 12.1. The molecule has 1 aromatic carbocycles. The Bertz CT molecular complexity index is 528. The highest BCUT2D eigenvalue weighted by atomic mass is 35.5. The lowest BCUT2D eigenvalue weighted by atomic mass is 9.87. The van der Waals surface area contributed by atoms with E-state index in [2.05, 4.69) is 0 Å². The monoisotopic (exact) mass is 306 g/mol. The molecular formula is C14H14ClF3O2. The zero-order valence-electron chi connectivity index (χ0n) is 10.9.